The molecule has 1 N–H and O–H groups in total. The predicted molar refractivity (Wildman–Crippen MR) is 72.2 cm³/mol. The second-order valence-electron chi connectivity index (χ2n) is 3.83. The summed E-state index contributed by atoms with van der Waals surface area (Å²) in [5.41, 5.74) is 1.08. The Morgan fingerprint density at radius 2 is 1.63 bits per heavy atom. The largest absolute Gasteiger partial charge is 0.493 e. The Kier molecular flexibility index (Phi) is 3.75. The number of H-pyrrole nitrogens is 1. The first-order valence-electron chi connectivity index (χ1n) is 5.69. The third kappa shape index (κ3) is 2.40. The Hall–Kier alpha value is -2.43. The Bertz CT molecular complexity index is 608. The van der Waals surface area contributed by atoms with E-state index in [1.807, 2.05) is 0 Å². The summed E-state index contributed by atoms with van der Waals surface area (Å²) < 4.78 is 15.8. The normalized spacial score (nSPS) is 10.1. The maximum Gasteiger partial charge on any atom is 0.255 e. The van der Waals surface area contributed by atoms with E-state index in [0.29, 0.717) is 28.4 Å². The van der Waals surface area contributed by atoms with Crippen molar-refractivity contribution < 1.29 is 14.2 Å². The first-order chi connectivity index (χ1) is 9.21. The molecule has 0 aliphatic carbocycles. The maximum absolute atomic E-state index is 11.8. The molecule has 0 atom stereocenters. The van der Waals surface area contributed by atoms with Crippen molar-refractivity contribution in [1.29, 1.82) is 0 Å². The van der Waals surface area contributed by atoms with Crippen molar-refractivity contribution in [2.75, 3.05) is 21.3 Å². The second kappa shape index (κ2) is 5.48. The van der Waals surface area contributed by atoms with Crippen LogP contribution in [0.5, 0.6) is 17.2 Å². The SMILES string of the molecule is COc1cc(-c2ccc[nH]c2=O)cc(OC)c1OC. The molecule has 0 aliphatic heterocycles. The molecule has 1 aromatic carbocycles. The number of hydrogen-bond donors (Lipinski definition) is 1. The predicted octanol–water partition coefficient (Wildman–Crippen LogP) is 2.07. The third-order valence-corrected chi connectivity index (χ3v) is 2.79. The molecular formula is C14H15NO4. The van der Waals surface area contributed by atoms with Gasteiger partial charge in [-0.1, -0.05) is 0 Å². The molecule has 2 rings (SSSR count). The van der Waals surface area contributed by atoms with Crippen LogP contribution < -0.4 is 19.8 Å². The molecule has 1 heterocycles. The van der Waals surface area contributed by atoms with Crippen LogP contribution in [0.1, 0.15) is 0 Å². The topological polar surface area (TPSA) is 60.6 Å². The molecule has 0 bridgehead atoms. The number of aromatic amines is 1. The van der Waals surface area contributed by atoms with Crippen molar-refractivity contribution >= 4 is 0 Å². The van der Waals surface area contributed by atoms with Crippen LogP contribution in [-0.4, -0.2) is 26.3 Å². The van der Waals surface area contributed by atoms with Gasteiger partial charge in [0.05, 0.1) is 21.3 Å². The molecule has 0 radical (unpaired) electrons. The molecule has 19 heavy (non-hydrogen) atoms. The number of hydrogen-bond acceptors (Lipinski definition) is 4. The van der Waals surface area contributed by atoms with Crippen LogP contribution in [-0.2, 0) is 0 Å². The van der Waals surface area contributed by atoms with Crippen molar-refractivity contribution in [1.82, 2.24) is 4.98 Å². The van der Waals surface area contributed by atoms with Gasteiger partial charge in [-0.05, 0) is 29.8 Å². The zero-order chi connectivity index (χ0) is 13.8. The van der Waals surface area contributed by atoms with E-state index in [1.54, 1.807) is 30.5 Å². The van der Waals surface area contributed by atoms with E-state index in [4.69, 9.17) is 14.2 Å². The minimum Gasteiger partial charge on any atom is -0.493 e. The minimum atomic E-state index is -0.170. The fraction of sp³-hybridized carbons (Fsp3) is 0.214. The standard InChI is InChI=1S/C14H15NO4/c1-17-11-7-9(8-12(18-2)13(11)19-3)10-5-4-6-15-14(10)16/h4-8H,1-3H3,(H,15,16). The lowest BCUT2D eigenvalue weighted by Gasteiger charge is -2.13. The van der Waals surface area contributed by atoms with E-state index in [-0.39, 0.29) is 5.56 Å². The summed E-state index contributed by atoms with van der Waals surface area (Å²) in [6, 6.07) is 6.98. The molecule has 0 fully saturated rings. The fourth-order valence-corrected chi connectivity index (χ4v) is 1.89. The highest BCUT2D eigenvalue weighted by Crippen LogP contribution is 2.40. The zero-order valence-corrected chi connectivity index (χ0v) is 11.0. The van der Waals surface area contributed by atoms with Gasteiger partial charge in [0.1, 0.15) is 0 Å². The Balaban J connectivity index is 2.66. The van der Waals surface area contributed by atoms with Gasteiger partial charge in [0.15, 0.2) is 11.5 Å². The van der Waals surface area contributed by atoms with E-state index in [0.717, 1.165) is 0 Å². The van der Waals surface area contributed by atoms with Crippen LogP contribution >= 0.6 is 0 Å². The van der Waals surface area contributed by atoms with Crippen molar-refractivity contribution in [3.63, 3.8) is 0 Å². The highest BCUT2D eigenvalue weighted by Gasteiger charge is 2.15. The van der Waals surface area contributed by atoms with Crippen LogP contribution in [0.15, 0.2) is 35.3 Å². The molecule has 0 saturated carbocycles. The summed E-state index contributed by atoms with van der Waals surface area (Å²) in [4.78, 5) is 14.4. The van der Waals surface area contributed by atoms with Gasteiger partial charge in [0.2, 0.25) is 5.75 Å². The van der Waals surface area contributed by atoms with Gasteiger partial charge in [-0.15, -0.1) is 0 Å². The molecule has 0 saturated heterocycles. The van der Waals surface area contributed by atoms with Crippen molar-refractivity contribution in [2.24, 2.45) is 0 Å². The summed E-state index contributed by atoms with van der Waals surface area (Å²) in [6.45, 7) is 0. The summed E-state index contributed by atoms with van der Waals surface area (Å²) >= 11 is 0. The average Bonchev–Trinajstić information content (AvgIpc) is 2.46. The molecule has 100 valence electrons. The zero-order valence-electron chi connectivity index (χ0n) is 11.0. The second-order valence-corrected chi connectivity index (χ2v) is 3.83. The van der Waals surface area contributed by atoms with Gasteiger partial charge < -0.3 is 19.2 Å². The maximum atomic E-state index is 11.8. The Morgan fingerprint density at radius 3 is 2.11 bits per heavy atom. The van der Waals surface area contributed by atoms with Gasteiger partial charge in [-0.2, -0.15) is 0 Å². The lowest BCUT2D eigenvalue weighted by Crippen LogP contribution is -2.07. The third-order valence-electron chi connectivity index (χ3n) is 2.79. The molecule has 0 unspecified atom stereocenters. The Morgan fingerprint density at radius 1 is 1.00 bits per heavy atom. The van der Waals surface area contributed by atoms with E-state index in [1.165, 1.54) is 21.3 Å². The number of aromatic nitrogens is 1. The number of benzene rings is 1. The van der Waals surface area contributed by atoms with Crippen LogP contribution in [0, 0.1) is 0 Å². The molecule has 1 aromatic heterocycles. The van der Waals surface area contributed by atoms with Crippen LogP contribution in [0.3, 0.4) is 0 Å². The number of methoxy groups -OCH3 is 3. The van der Waals surface area contributed by atoms with Crippen molar-refractivity contribution in [3.8, 4) is 28.4 Å². The molecule has 0 amide bonds. The quantitative estimate of drug-likeness (QED) is 0.915. The van der Waals surface area contributed by atoms with Crippen LogP contribution in [0.25, 0.3) is 11.1 Å². The fourth-order valence-electron chi connectivity index (χ4n) is 1.89. The van der Waals surface area contributed by atoms with Crippen molar-refractivity contribution in [2.45, 2.75) is 0 Å². The van der Waals surface area contributed by atoms with E-state index >= 15 is 0 Å². The summed E-state index contributed by atoms with van der Waals surface area (Å²) in [5, 5.41) is 0. The first-order valence-corrected chi connectivity index (χ1v) is 5.69. The highest BCUT2D eigenvalue weighted by molar-refractivity contribution is 5.70. The number of nitrogens with one attached hydrogen (secondary N) is 1. The van der Waals surface area contributed by atoms with E-state index in [9.17, 15) is 4.79 Å². The summed E-state index contributed by atoms with van der Waals surface area (Å²) in [7, 11) is 4.61. The van der Waals surface area contributed by atoms with E-state index < -0.39 is 0 Å². The van der Waals surface area contributed by atoms with Crippen LogP contribution in [0.2, 0.25) is 0 Å². The Labute approximate surface area is 110 Å². The van der Waals surface area contributed by atoms with Gasteiger partial charge in [-0.3, -0.25) is 4.79 Å². The average molecular weight is 261 g/mol. The minimum absolute atomic E-state index is 0.170. The van der Waals surface area contributed by atoms with Crippen molar-refractivity contribution in [3.05, 3.63) is 40.8 Å². The highest BCUT2D eigenvalue weighted by atomic mass is 16.5. The van der Waals surface area contributed by atoms with Crippen LogP contribution in [0.4, 0.5) is 0 Å². The number of ether oxygens (including phenoxy) is 3. The summed E-state index contributed by atoms with van der Waals surface area (Å²) in [5.74, 6) is 1.53. The van der Waals surface area contributed by atoms with Gasteiger partial charge >= 0.3 is 0 Å². The molecule has 2 aromatic rings. The monoisotopic (exact) mass is 261 g/mol. The smallest absolute Gasteiger partial charge is 0.255 e. The van der Waals surface area contributed by atoms with Gasteiger partial charge in [0.25, 0.3) is 5.56 Å². The molecule has 5 nitrogen and oxygen atoms in total. The van der Waals surface area contributed by atoms with Gasteiger partial charge in [-0.25, -0.2) is 0 Å². The lowest BCUT2D eigenvalue weighted by atomic mass is 10.1. The van der Waals surface area contributed by atoms with E-state index in [2.05, 4.69) is 4.98 Å². The van der Waals surface area contributed by atoms with Gasteiger partial charge in [0, 0.05) is 11.8 Å². The lowest BCUT2D eigenvalue weighted by molar-refractivity contribution is 0.324. The molecule has 0 aliphatic rings. The first kappa shape index (κ1) is 13.0. The molecule has 5 heteroatoms. The molecule has 0 spiro atoms. The number of pyridine rings is 1. The summed E-state index contributed by atoms with van der Waals surface area (Å²) in [6.07, 6.45) is 1.59. The number of rotatable bonds is 4. The molecular weight excluding hydrogens is 246 g/mol.